The van der Waals surface area contributed by atoms with Crippen LogP contribution < -0.4 is 4.74 Å². The SMILES string of the molecule is CCOC(=O)/C=C/COc1cc(C)c([N+](=O)[O-])cc1C. The second-order valence-corrected chi connectivity index (χ2v) is 4.13. The molecule has 0 aliphatic rings. The van der Waals surface area contributed by atoms with Gasteiger partial charge in [-0.05, 0) is 38.5 Å². The van der Waals surface area contributed by atoms with Crippen molar-refractivity contribution in [3.63, 3.8) is 0 Å². The first kappa shape index (κ1) is 15.7. The summed E-state index contributed by atoms with van der Waals surface area (Å²) >= 11 is 0. The van der Waals surface area contributed by atoms with Crippen molar-refractivity contribution in [2.45, 2.75) is 20.8 Å². The predicted octanol–water partition coefficient (Wildman–Crippen LogP) is 2.71. The van der Waals surface area contributed by atoms with Gasteiger partial charge in [0.15, 0.2) is 0 Å². The van der Waals surface area contributed by atoms with Crippen molar-refractivity contribution in [2.24, 2.45) is 0 Å². The maximum Gasteiger partial charge on any atom is 0.330 e. The number of esters is 1. The van der Waals surface area contributed by atoms with Crippen molar-refractivity contribution in [2.75, 3.05) is 13.2 Å². The molecule has 0 radical (unpaired) electrons. The van der Waals surface area contributed by atoms with Crippen LogP contribution >= 0.6 is 0 Å². The van der Waals surface area contributed by atoms with Gasteiger partial charge in [-0.1, -0.05) is 0 Å². The van der Waals surface area contributed by atoms with Gasteiger partial charge in [-0.2, -0.15) is 0 Å². The van der Waals surface area contributed by atoms with Crippen LogP contribution in [0.15, 0.2) is 24.3 Å². The number of nitro groups is 1. The lowest BCUT2D eigenvalue weighted by Crippen LogP contribution is -2.02. The van der Waals surface area contributed by atoms with Gasteiger partial charge in [0, 0.05) is 17.7 Å². The van der Waals surface area contributed by atoms with Gasteiger partial charge in [-0.3, -0.25) is 10.1 Å². The van der Waals surface area contributed by atoms with Crippen molar-refractivity contribution in [1.29, 1.82) is 0 Å². The molecule has 0 aromatic heterocycles. The topological polar surface area (TPSA) is 78.7 Å². The van der Waals surface area contributed by atoms with E-state index in [-0.39, 0.29) is 12.3 Å². The van der Waals surface area contributed by atoms with E-state index in [4.69, 9.17) is 9.47 Å². The molecule has 0 saturated carbocycles. The molecule has 0 amide bonds. The minimum absolute atomic E-state index is 0.0666. The van der Waals surface area contributed by atoms with Crippen LogP contribution in [0.5, 0.6) is 5.75 Å². The molecule has 0 bridgehead atoms. The van der Waals surface area contributed by atoms with Gasteiger partial charge >= 0.3 is 5.97 Å². The lowest BCUT2D eigenvalue weighted by Gasteiger charge is -2.08. The largest absolute Gasteiger partial charge is 0.489 e. The molecule has 1 aromatic rings. The Morgan fingerprint density at radius 1 is 1.35 bits per heavy atom. The van der Waals surface area contributed by atoms with E-state index in [9.17, 15) is 14.9 Å². The van der Waals surface area contributed by atoms with E-state index in [1.807, 2.05) is 0 Å². The summed E-state index contributed by atoms with van der Waals surface area (Å²) in [5, 5.41) is 10.8. The Hall–Kier alpha value is -2.37. The number of carbonyl (C=O) groups is 1. The third-order valence-electron chi connectivity index (χ3n) is 2.57. The molecule has 0 heterocycles. The number of aryl methyl sites for hydroxylation is 2. The van der Waals surface area contributed by atoms with E-state index < -0.39 is 10.9 Å². The maximum atomic E-state index is 11.1. The fraction of sp³-hybridized carbons (Fsp3) is 0.357. The molecular formula is C14H17NO5. The number of nitrogens with zero attached hydrogens (tertiary/aromatic N) is 1. The van der Waals surface area contributed by atoms with E-state index in [1.165, 1.54) is 18.2 Å². The van der Waals surface area contributed by atoms with E-state index in [0.29, 0.717) is 23.5 Å². The molecule has 6 heteroatoms. The summed E-state index contributed by atoms with van der Waals surface area (Å²) < 4.78 is 10.2. The van der Waals surface area contributed by atoms with Gasteiger partial charge in [0.25, 0.3) is 5.69 Å². The Kier molecular flexibility index (Phi) is 5.71. The third-order valence-corrected chi connectivity index (χ3v) is 2.57. The Morgan fingerprint density at radius 2 is 2.05 bits per heavy atom. The number of ether oxygens (including phenoxy) is 2. The highest BCUT2D eigenvalue weighted by Gasteiger charge is 2.13. The van der Waals surface area contributed by atoms with Crippen LogP contribution in [0.2, 0.25) is 0 Å². The minimum Gasteiger partial charge on any atom is -0.489 e. The zero-order chi connectivity index (χ0) is 15.1. The smallest absolute Gasteiger partial charge is 0.330 e. The lowest BCUT2D eigenvalue weighted by atomic mass is 10.1. The van der Waals surface area contributed by atoms with Crippen LogP contribution in [0.4, 0.5) is 5.69 Å². The first-order valence-electron chi connectivity index (χ1n) is 6.17. The van der Waals surface area contributed by atoms with Crippen LogP contribution in [0.1, 0.15) is 18.1 Å². The second kappa shape index (κ2) is 7.28. The standard InChI is InChI=1S/C14H17NO5/c1-4-19-14(16)6-5-7-20-13-9-10(2)12(15(17)18)8-11(13)3/h5-6,8-9H,4,7H2,1-3H3/b6-5+. The van der Waals surface area contributed by atoms with Crippen LogP contribution in [0, 0.1) is 24.0 Å². The van der Waals surface area contributed by atoms with Gasteiger partial charge in [0.1, 0.15) is 12.4 Å². The van der Waals surface area contributed by atoms with Crippen molar-refractivity contribution in [1.82, 2.24) is 0 Å². The van der Waals surface area contributed by atoms with Gasteiger partial charge in [-0.25, -0.2) is 4.79 Å². The van der Waals surface area contributed by atoms with E-state index in [0.717, 1.165) is 0 Å². The summed E-state index contributed by atoms with van der Waals surface area (Å²) in [7, 11) is 0. The van der Waals surface area contributed by atoms with Crippen molar-refractivity contribution in [3.05, 3.63) is 45.5 Å². The zero-order valence-corrected chi connectivity index (χ0v) is 11.7. The molecule has 0 saturated heterocycles. The summed E-state index contributed by atoms with van der Waals surface area (Å²) in [6.45, 7) is 5.63. The predicted molar refractivity (Wildman–Crippen MR) is 73.8 cm³/mol. The Labute approximate surface area is 117 Å². The van der Waals surface area contributed by atoms with Crippen molar-refractivity contribution >= 4 is 11.7 Å². The normalized spacial score (nSPS) is 10.6. The number of nitro benzene ring substituents is 1. The van der Waals surface area contributed by atoms with Crippen LogP contribution in [-0.4, -0.2) is 24.1 Å². The summed E-state index contributed by atoms with van der Waals surface area (Å²) in [5.74, 6) is 0.134. The molecule has 0 atom stereocenters. The highest BCUT2D eigenvalue weighted by atomic mass is 16.6. The fourth-order valence-corrected chi connectivity index (χ4v) is 1.60. The van der Waals surface area contributed by atoms with E-state index >= 15 is 0 Å². The van der Waals surface area contributed by atoms with Crippen molar-refractivity contribution in [3.8, 4) is 5.75 Å². The third kappa shape index (κ3) is 4.38. The number of hydrogen-bond donors (Lipinski definition) is 0. The zero-order valence-electron chi connectivity index (χ0n) is 11.7. The quantitative estimate of drug-likeness (QED) is 0.346. The molecule has 6 nitrogen and oxygen atoms in total. The van der Waals surface area contributed by atoms with Gasteiger partial charge in [-0.15, -0.1) is 0 Å². The Bertz CT molecular complexity index is 537. The van der Waals surface area contributed by atoms with Gasteiger partial charge in [0.05, 0.1) is 11.5 Å². The Balaban J connectivity index is 2.68. The average molecular weight is 279 g/mol. The molecule has 1 rings (SSSR count). The van der Waals surface area contributed by atoms with Crippen LogP contribution in [0.3, 0.4) is 0 Å². The molecule has 0 aliphatic heterocycles. The van der Waals surface area contributed by atoms with Crippen molar-refractivity contribution < 1.29 is 19.2 Å². The summed E-state index contributed by atoms with van der Waals surface area (Å²) in [6, 6.07) is 3.09. The van der Waals surface area contributed by atoms with Gasteiger partial charge < -0.3 is 9.47 Å². The van der Waals surface area contributed by atoms with Crippen LogP contribution in [0.25, 0.3) is 0 Å². The van der Waals surface area contributed by atoms with Crippen LogP contribution in [-0.2, 0) is 9.53 Å². The molecule has 0 fully saturated rings. The first-order valence-corrected chi connectivity index (χ1v) is 6.17. The summed E-state index contributed by atoms with van der Waals surface area (Å²) in [4.78, 5) is 21.4. The maximum absolute atomic E-state index is 11.1. The summed E-state index contributed by atoms with van der Waals surface area (Å²) in [6.07, 6.45) is 2.82. The van der Waals surface area contributed by atoms with E-state index in [2.05, 4.69) is 0 Å². The number of hydrogen-bond acceptors (Lipinski definition) is 5. The average Bonchev–Trinajstić information content (AvgIpc) is 2.38. The molecule has 0 unspecified atom stereocenters. The first-order chi connectivity index (χ1) is 9.45. The summed E-state index contributed by atoms with van der Waals surface area (Å²) in [5.41, 5.74) is 1.27. The second-order valence-electron chi connectivity index (χ2n) is 4.13. The molecule has 0 aliphatic carbocycles. The highest BCUT2D eigenvalue weighted by molar-refractivity contribution is 5.81. The molecule has 1 aromatic carbocycles. The number of rotatable bonds is 6. The lowest BCUT2D eigenvalue weighted by molar-refractivity contribution is -0.385. The van der Waals surface area contributed by atoms with E-state index in [1.54, 1.807) is 26.8 Å². The highest BCUT2D eigenvalue weighted by Crippen LogP contribution is 2.27. The van der Waals surface area contributed by atoms with Gasteiger partial charge in [0.2, 0.25) is 0 Å². The number of carbonyl (C=O) groups excluding carboxylic acids is 1. The Morgan fingerprint density at radius 3 is 2.65 bits per heavy atom. The fourth-order valence-electron chi connectivity index (χ4n) is 1.60. The minimum atomic E-state index is -0.424. The molecule has 0 N–H and O–H groups in total. The molecule has 0 spiro atoms. The molecule has 108 valence electrons. The monoisotopic (exact) mass is 279 g/mol. The molecule has 20 heavy (non-hydrogen) atoms. The molecular weight excluding hydrogens is 262 g/mol. The number of benzene rings is 1.